The van der Waals surface area contributed by atoms with Crippen LogP contribution in [-0.4, -0.2) is 64.6 Å². The normalized spacial score (nSPS) is 14.3. The van der Waals surface area contributed by atoms with Crippen molar-refractivity contribution in [2.24, 2.45) is 0 Å². The number of hydrogen-bond acceptors (Lipinski definition) is 9. The highest BCUT2D eigenvalue weighted by Gasteiger charge is 2.23. The fraction of sp³-hybridized carbons (Fsp3) is 0.346. The van der Waals surface area contributed by atoms with E-state index in [4.69, 9.17) is 14.6 Å². The third kappa shape index (κ3) is 8.03. The molecule has 4 rings (SSSR count). The van der Waals surface area contributed by atoms with Gasteiger partial charge in [-0.1, -0.05) is 32.0 Å². The molecule has 1 saturated heterocycles. The van der Waals surface area contributed by atoms with E-state index in [0.29, 0.717) is 22.8 Å². The Kier molecular flexibility index (Phi) is 12.4. The van der Waals surface area contributed by atoms with Crippen molar-refractivity contribution in [3.05, 3.63) is 66.1 Å². The van der Waals surface area contributed by atoms with E-state index < -0.39 is 11.9 Å². The monoisotopic (exact) mass is 512 g/mol. The zero-order valence-electron chi connectivity index (χ0n) is 20.9. The highest BCUT2D eigenvalue weighted by atomic mass is 32.2. The number of hydrogen-bond donors (Lipinski definition) is 2. The molecule has 3 heterocycles. The number of carboxylic acid groups (broad SMARTS) is 1. The van der Waals surface area contributed by atoms with Crippen LogP contribution < -0.4 is 10.1 Å². The lowest BCUT2D eigenvalue weighted by Crippen LogP contribution is -2.37. The predicted octanol–water partition coefficient (Wildman–Crippen LogP) is 4.59. The summed E-state index contributed by atoms with van der Waals surface area (Å²) in [6.45, 7) is 5.80. The molecular weight excluding hydrogens is 480 g/mol. The van der Waals surface area contributed by atoms with Crippen LogP contribution in [0.2, 0.25) is 0 Å². The number of methoxy groups -OCH3 is 1. The first kappa shape index (κ1) is 28.7. The van der Waals surface area contributed by atoms with Crippen LogP contribution in [0, 0.1) is 0 Å². The molecule has 36 heavy (non-hydrogen) atoms. The summed E-state index contributed by atoms with van der Waals surface area (Å²) in [5.74, 6) is -0.586. The minimum atomic E-state index is -0.974. The van der Waals surface area contributed by atoms with Gasteiger partial charge in [-0.25, -0.2) is 24.5 Å². The molecule has 9 nitrogen and oxygen atoms in total. The quantitative estimate of drug-likeness (QED) is 0.358. The van der Waals surface area contributed by atoms with Gasteiger partial charge in [0.15, 0.2) is 5.82 Å². The summed E-state index contributed by atoms with van der Waals surface area (Å²) in [7, 11) is 1.37. The molecule has 0 bridgehead atoms. The van der Waals surface area contributed by atoms with E-state index in [0.717, 1.165) is 30.8 Å². The molecule has 2 N–H and O–H groups in total. The molecule has 0 aliphatic carbocycles. The van der Waals surface area contributed by atoms with Crippen LogP contribution in [0.3, 0.4) is 0 Å². The molecule has 192 valence electrons. The van der Waals surface area contributed by atoms with Crippen molar-refractivity contribution in [3.8, 4) is 17.3 Å². The highest BCUT2D eigenvalue weighted by Crippen LogP contribution is 2.28. The van der Waals surface area contributed by atoms with Crippen molar-refractivity contribution in [1.82, 2.24) is 20.3 Å². The molecule has 1 aliphatic heterocycles. The average Bonchev–Trinajstić information content (AvgIpc) is 2.95. The minimum absolute atomic E-state index is 0.0572. The zero-order chi connectivity index (χ0) is 26.3. The summed E-state index contributed by atoms with van der Waals surface area (Å²) < 4.78 is 10.7. The van der Waals surface area contributed by atoms with Gasteiger partial charge in [0, 0.05) is 35.6 Å². The number of nitrogens with one attached hydrogen (secondary N) is 1. The van der Waals surface area contributed by atoms with E-state index in [-0.39, 0.29) is 11.7 Å². The summed E-state index contributed by atoms with van der Waals surface area (Å²) in [5, 5.41) is 12.2. The van der Waals surface area contributed by atoms with Gasteiger partial charge in [0.1, 0.15) is 11.7 Å². The lowest BCUT2D eigenvalue weighted by molar-refractivity contribution is 0.0583. The SMILES string of the molecule is CC.COC(=O)c1c(SC)ccnc1O[C@@H]1CCCNC1.O=C(O)c1ccccc1-c1ncccn1. The Hall–Kier alpha value is -3.50. The number of pyridine rings is 1. The van der Waals surface area contributed by atoms with E-state index in [1.165, 1.54) is 24.9 Å². The molecular formula is C26H32N4O5S. The predicted molar refractivity (Wildman–Crippen MR) is 140 cm³/mol. The molecule has 0 unspecified atom stereocenters. The Bertz CT molecular complexity index is 1110. The van der Waals surface area contributed by atoms with Crippen LogP contribution in [0.4, 0.5) is 0 Å². The number of thioether (sulfide) groups is 1. The van der Waals surface area contributed by atoms with Crippen molar-refractivity contribution in [3.63, 3.8) is 0 Å². The van der Waals surface area contributed by atoms with E-state index >= 15 is 0 Å². The number of nitrogens with zero attached hydrogens (tertiary/aromatic N) is 3. The number of aromatic nitrogens is 3. The molecule has 1 fully saturated rings. The molecule has 10 heteroatoms. The number of rotatable bonds is 6. The summed E-state index contributed by atoms with van der Waals surface area (Å²) in [5.41, 5.74) is 1.16. The van der Waals surface area contributed by atoms with Crippen LogP contribution in [-0.2, 0) is 4.74 Å². The van der Waals surface area contributed by atoms with Crippen LogP contribution in [0.1, 0.15) is 47.4 Å². The average molecular weight is 513 g/mol. The van der Waals surface area contributed by atoms with Gasteiger partial charge in [-0.05, 0) is 43.8 Å². The largest absolute Gasteiger partial charge is 0.478 e. The maximum atomic E-state index is 11.9. The first-order valence-corrected chi connectivity index (χ1v) is 12.9. The summed E-state index contributed by atoms with van der Waals surface area (Å²) in [6.07, 6.45) is 8.83. The molecule has 0 radical (unpaired) electrons. The molecule has 1 aliphatic rings. The summed E-state index contributed by atoms with van der Waals surface area (Å²) in [6, 6.07) is 10.1. The van der Waals surface area contributed by atoms with Gasteiger partial charge >= 0.3 is 11.9 Å². The first-order chi connectivity index (χ1) is 17.5. The van der Waals surface area contributed by atoms with Gasteiger partial charge in [-0.15, -0.1) is 11.8 Å². The number of aromatic carboxylic acids is 1. The molecule has 0 amide bonds. The van der Waals surface area contributed by atoms with Gasteiger partial charge in [-0.2, -0.15) is 0 Å². The third-order valence-corrected chi connectivity index (χ3v) is 5.76. The Labute approximate surface area is 215 Å². The lowest BCUT2D eigenvalue weighted by atomic mass is 10.1. The van der Waals surface area contributed by atoms with Gasteiger partial charge < -0.3 is 19.9 Å². The molecule has 0 spiro atoms. The first-order valence-electron chi connectivity index (χ1n) is 11.6. The number of carboxylic acids is 1. The number of benzene rings is 1. The summed E-state index contributed by atoms with van der Waals surface area (Å²) in [4.78, 5) is 35.9. The molecule has 0 saturated carbocycles. The van der Waals surface area contributed by atoms with E-state index in [9.17, 15) is 9.59 Å². The van der Waals surface area contributed by atoms with Gasteiger partial charge in [-0.3, -0.25) is 0 Å². The lowest BCUT2D eigenvalue weighted by Gasteiger charge is -2.24. The molecule has 3 aromatic rings. The Morgan fingerprint density at radius 2 is 1.78 bits per heavy atom. The van der Waals surface area contributed by atoms with Gasteiger partial charge in [0.25, 0.3) is 0 Å². The number of carbonyl (C=O) groups excluding carboxylic acids is 1. The number of ether oxygens (including phenoxy) is 2. The topological polar surface area (TPSA) is 124 Å². The second-order valence-corrected chi connectivity index (χ2v) is 8.04. The van der Waals surface area contributed by atoms with Crippen molar-refractivity contribution in [1.29, 1.82) is 0 Å². The van der Waals surface area contributed by atoms with E-state index in [1.807, 2.05) is 20.1 Å². The zero-order valence-corrected chi connectivity index (χ0v) is 21.7. The van der Waals surface area contributed by atoms with Crippen molar-refractivity contribution >= 4 is 23.7 Å². The van der Waals surface area contributed by atoms with Crippen molar-refractivity contribution < 1.29 is 24.2 Å². The fourth-order valence-electron chi connectivity index (χ4n) is 3.36. The molecule has 1 atom stereocenters. The second kappa shape index (κ2) is 15.5. The van der Waals surface area contributed by atoms with Crippen molar-refractivity contribution in [2.75, 3.05) is 26.5 Å². The molecule has 2 aromatic heterocycles. The van der Waals surface area contributed by atoms with Gasteiger partial charge in [0.2, 0.25) is 5.88 Å². The fourth-order valence-corrected chi connectivity index (χ4v) is 3.93. The Morgan fingerprint density at radius 3 is 2.39 bits per heavy atom. The number of piperidine rings is 1. The molecule has 1 aromatic carbocycles. The number of carbonyl (C=O) groups is 2. The van der Waals surface area contributed by atoms with Crippen LogP contribution in [0.5, 0.6) is 5.88 Å². The standard InChI is InChI=1S/C13H18N2O3S.C11H8N2O2.C2H6/c1-17-13(16)11-10(19-2)5-7-15-12(11)18-9-4-3-6-14-8-9;14-11(15)9-5-2-1-4-8(9)10-12-6-3-7-13-10;1-2/h5,7,9,14H,3-4,6,8H2,1-2H3;1-7H,(H,14,15);1-2H3/t9-;;/m1../s1. The summed E-state index contributed by atoms with van der Waals surface area (Å²) >= 11 is 1.48. The maximum Gasteiger partial charge on any atom is 0.344 e. The Morgan fingerprint density at radius 1 is 1.06 bits per heavy atom. The van der Waals surface area contributed by atoms with Crippen molar-refractivity contribution in [2.45, 2.75) is 37.7 Å². The third-order valence-electron chi connectivity index (χ3n) is 4.98. The highest BCUT2D eigenvalue weighted by molar-refractivity contribution is 7.98. The van der Waals surface area contributed by atoms with Crippen LogP contribution >= 0.6 is 11.8 Å². The second-order valence-electron chi connectivity index (χ2n) is 7.19. The van der Waals surface area contributed by atoms with Crippen LogP contribution in [0.25, 0.3) is 11.4 Å². The van der Waals surface area contributed by atoms with E-state index in [1.54, 1.807) is 48.9 Å². The minimum Gasteiger partial charge on any atom is -0.478 e. The van der Waals surface area contributed by atoms with Gasteiger partial charge in [0.05, 0.1) is 12.7 Å². The Balaban J connectivity index is 0.000000243. The number of esters is 1. The maximum absolute atomic E-state index is 11.9. The smallest absolute Gasteiger partial charge is 0.344 e. The van der Waals surface area contributed by atoms with Crippen LogP contribution in [0.15, 0.2) is 59.9 Å². The van der Waals surface area contributed by atoms with E-state index in [2.05, 4.69) is 20.3 Å².